The maximum absolute atomic E-state index is 12.6. The quantitative estimate of drug-likeness (QED) is 0.643. The molecule has 0 atom stereocenters. The van der Waals surface area contributed by atoms with Gasteiger partial charge in [-0.15, -0.1) is 0 Å². The van der Waals surface area contributed by atoms with E-state index in [0.717, 1.165) is 0 Å². The van der Waals surface area contributed by atoms with E-state index in [4.69, 9.17) is 4.74 Å². The molecule has 0 bridgehead atoms. The molecule has 0 saturated carbocycles. The van der Waals surface area contributed by atoms with Gasteiger partial charge >= 0.3 is 11.9 Å². The highest BCUT2D eigenvalue weighted by atomic mass is 16.5. The van der Waals surface area contributed by atoms with Crippen molar-refractivity contribution in [2.45, 2.75) is 6.61 Å². The molecule has 0 unspecified atom stereocenters. The third-order valence-corrected chi connectivity index (χ3v) is 4.15. The number of hydrogen-bond acceptors (Lipinski definition) is 5. The van der Waals surface area contributed by atoms with Crippen molar-refractivity contribution in [1.82, 2.24) is 0 Å². The van der Waals surface area contributed by atoms with Crippen LogP contribution in [-0.4, -0.2) is 25.0 Å². The Bertz CT molecular complexity index is 1030. The van der Waals surface area contributed by atoms with Crippen LogP contribution in [0.25, 0.3) is 0 Å². The molecule has 0 aliphatic heterocycles. The smallest absolute Gasteiger partial charge is 0.340 e. The SMILES string of the molecule is COC(=O)c1cccc(COC(=O)c2ccccc2NC(=O)c2ccccc2)c1. The summed E-state index contributed by atoms with van der Waals surface area (Å²) in [5.41, 5.74) is 2.09. The molecule has 0 radical (unpaired) electrons. The Kier molecular flexibility index (Phi) is 6.37. The molecule has 0 fully saturated rings. The number of amides is 1. The standard InChI is InChI=1S/C23H19NO5/c1-28-22(26)18-11-7-8-16(14-18)15-29-23(27)19-12-5-6-13-20(19)24-21(25)17-9-3-2-4-10-17/h2-14H,15H2,1H3,(H,24,25). The van der Waals surface area contributed by atoms with Gasteiger partial charge in [0, 0.05) is 5.56 Å². The fraction of sp³-hybridized carbons (Fsp3) is 0.0870. The number of ether oxygens (including phenoxy) is 2. The maximum Gasteiger partial charge on any atom is 0.340 e. The first-order valence-electron chi connectivity index (χ1n) is 8.88. The van der Waals surface area contributed by atoms with Crippen LogP contribution in [0.4, 0.5) is 5.69 Å². The summed E-state index contributed by atoms with van der Waals surface area (Å²) in [7, 11) is 1.30. The third-order valence-electron chi connectivity index (χ3n) is 4.15. The van der Waals surface area contributed by atoms with E-state index in [2.05, 4.69) is 10.1 Å². The lowest BCUT2D eigenvalue weighted by molar-refractivity contribution is 0.0474. The molecule has 0 spiro atoms. The highest BCUT2D eigenvalue weighted by Gasteiger charge is 2.15. The van der Waals surface area contributed by atoms with E-state index >= 15 is 0 Å². The summed E-state index contributed by atoms with van der Waals surface area (Å²) in [6.07, 6.45) is 0. The minimum absolute atomic E-state index is 0.0232. The van der Waals surface area contributed by atoms with Crippen LogP contribution in [0.1, 0.15) is 36.6 Å². The van der Waals surface area contributed by atoms with E-state index in [9.17, 15) is 14.4 Å². The highest BCUT2D eigenvalue weighted by molar-refractivity contribution is 6.08. The van der Waals surface area contributed by atoms with Crippen molar-refractivity contribution in [2.75, 3.05) is 12.4 Å². The average molecular weight is 389 g/mol. The van der Waals surface area contributed by atoms with Crippen molar-refractivity contribution in [2.24, 2.45) is 0 Å². The Balaban J connectivity index is 1.70. The molecule has 0 heterocycles. The molecule has 1 amide bonds. The Morgan fingerprint density at radius 2 is 1.48 bits per heavy atom. The first-order chi connectivity index (χ1) is 14.1. The van der Waals surface area contributed by atoms with Crippen molar-refractivity contribution in [3.05, 3.63) is 101 Å². The molecule has 1 N–H and O–H groups in total. The normalized spacial score (nSPS) is 10.1. The number of methoxy groups -OCH3 is 1. The van der Waals surface area contributed by atoms with Crippen LogP contribution in [0.3, 0.4) is 0 Å². The van der Waals surface area contributed by atoms with E-state index in [-0.39, 0.29) is 18.1 Å². The number of carbonyl (C=O) groups excluding carboxylic acids is 3. The third kappa shape index (κ3) is 5.07. The van der Waals surface area contributed by atoms with Gasteiger partial charge in [-0.25, -0.2) is 9.59 Å². The topological polar surface area (TPSA) is 81.7 Å². The van der Waals surface area contributed by atoms with E-state index in [0.29, 0.717) is 22.4 Å². The summed E-state index contributed by atoms with van der Waals surface area (Å²) in [6, 6.07) is 22.0. The van der Waals surface area contributed by atoms with Crippen LogP contribution >= 0.6 is 0 Å². The lowest BCUT2D eigenvalue weighted by atomic mass is 10.1. The van der Waals surface area contributed by atoms with Gasteiger partial charge in [0.25, 0.3) is 5.91 Å². The summed E-state index contributed by atoms with van der Waals surface area (Å²) in [4.78, 5) is 36.6. The van der Waals surface area contributed by atoms with Crippen LogP contribution in [-0.2, 0) is 16.1 Å². The summed E-state index contributed by atoms with van der Waals surface area (Å²) in [5, 5.41) is 2.74. The molecule has 146 valence electrons. The highest BCUT2D eigenvalue weighted by Crippen LogP contribution is 2.18. The average Bonchev–Trinajstić information content (AvgIpc) is 2.78. The van der Waals surface area contributed by atoms with Gasteiger partial charge in [-0.2, -0.15) is 0 Å². The van der Waals surface area contributed by atoms with E-state index in [1.807, 2.05) is 6.07 Å². The minimum atomic E-state index is -0.586. The van der Waals surface area contributed by atoms with Gasteiger partial charge in [0.2, 0.25) is 0 Å². The fourth-order valence-corrected chi connectivity index (χ4v) is 2.69. The maximum atomic E-state index is 12.6. The lowest BCUT2D eigenvalue weighted by Gasteiger charge is -2.11. The molecule has 6 nitrogen and oxygen atoms in total. The molecule has 6 heteroatoms. The van der Waals surface area contributed by atoms with E-state index in [1.165, 1.54) is 7.11 Å². The van der Waals surface area contributed by atoms with Crippen LogP contribution < -0.4 is 5.32 Å². The van der Waals surface area contributed by atoms with Gasteiger partial charge in [-0.3, -0.25) is 4.79 Å². The van der Waals surface area contributed by atoms with Crippen molar-refractivity contribution in [3.63, 3.8) is 0 Å². The van der Waals surface area contributed by atoms with Crippen molar-refractivity contribution in [3.8, 4) is 0 Å². The second-order valence-corrected chi connectivity index (χ2v) is 6.13. The molecular formula is C23H19NO5. The Hall–Kier alpha value is -3.93. The number of hydrogen-bond donors (Lipinski definition) is 1. The van der Waals surface area contributed by atoms with Crippen molar-refractivity contribution in [1.29, 1.82) is 0 Å². The molecule has 3 aromatic rings. The number of benzene rings is 3. The molecular weight excluding hydrogens is 370 g/mol. The number of esters is 2. The zero-order valence-electron chi connectivity index (χ0n) is 15.8. The van der Waals surface area contributed by atoms with Gasteiger partial charge in [0.15, 0.2) is 0 Å². The zero-order chi connectivity index (χ0) is 20.6. The van der Waals surface area contributed by atoms with E-state index in [1.54, 1.807) is 72.8 Å². The number of para-hydroxylation sites is 1. The molecule has 3 aromatic carbocycles. The molecule has 0 saturated heterocycles. The van der Waals surface area contributed by atoms with Gasteiger partial charge in [-0.05, 0) is 42.0 Å². The van der Waals surface area contributed by atoms with Gasteiger partial charge in [0.1, 0.15) is 6.61 Å². The fourth-order valence-electron chi connectivity index (χ4n) is 2.69. The summed E-state index contributed by atoms with van der Waals surface area (Å²) in [6.45, 7) is -0.0232. The summed E-state index contributed by atoms with van der Waals surface area (Å²) >= 11 is 0. The summed E-state index contributed by atoms with van der Waals surface area (Å²) < 4.78 is 10.1. The number of anilines is 1. The Morgan fingerprint density at radius 1 is 0.793 bits per heavy atom. The Labute approximate surface area is 168 Å². The van der Waals surface area contributed by atoms with Crippen molar-refractivity contribution >= 4 is 23.5 Å². The minimum Gasteiger partial charge on any atom is -0.465 e. The van der Waals surface area contributed by atoms with Crippen LogP contribution in [0.5, 0.6) is 0 Å². The molecule has 0 aromatic heterocycles. The van der Waals surface area contributed by atoms with E-state index < -0.39 is 11.9 Å². The van der Waals surface area contributed by atoms with Crippen LogP contribution in [0, 0.1) is 0 Å². The van der Waals surface area contributed by atoms with Gasteiger partial charge in [-0.1, -0.05) is 42.5 Å². The van der Waals surface area contributed by atoms with Crippen LogP contribution in [0.15, 0.2) is 78.9 Å². The first-order valence-corrected chi connectivity index (χ1v) is 8.88. The molecule has 29 heavy (non-hydrogen) atoms. The predicted molar refractivity (Wildman–Crippen MR) is 108 cm³/mol. The molecule has 0 aliphatic carbocycles. The largest absolute Gasteiger partial charge is 0.465 e. The number of nitrogens with one attached hydrogen (secondary N) is 1. The monoisotopic (exact) mass is 389 g/mol. The number of rotatable bonds is 6. The molecule has 0 aliphatic rings. The zero-order valence-corrected chi connectivity index (χ0v) is 15.8. The predicted octanol–water partition coefficient (Wildman–Crippen LogP) is 4.08. The summed E-state index contributed by atoms with van der Waals surface area (Å²) in [5.74, 6) is -1.37. The first kappa shape index (κ1) is 19.8. The second kappa shape index (κ2) is 9.32. The van der Waals surface area contributed by atoms with Crippen molar-refractivity contribution < 1.29 is 23.9 Å². The number of carbonyl (C=O) groups is 3. The Morgan fingerprint density at radius 3 is 2.24 bits per heavy atom. The lowest BCUT2D eigenvalue weighted by Crippen LogP contribution is -2.15. The van der Waals surface area contributed by atoms with Gasteiger partial charge < -0.3 is 14.8 Å². The second-order valence-electron chi connectivity index (χ2n) is 6.13. The van der Waals surface area contributed by atoms with Gasteiger partial charge in [0.05, 0.1) is 23.9 Å². The molecule has 3 rings (SSSR count). The van der Waals surface area contributed by atoms with Crippen LogP contribution in [0.2, 0.25) is 0 Å².